The fourth-order valence-electron chi connectivity index (χ4n) is 1.19. The number of phenols is 1. The van der Waals surface area contributed by atoms with Crippen molar-refractivity contribution in [1.29, 1.82) is 0 Å². The van der Waals surface area contributed by atoms with Crippen LogP contribution in [0.1, 0.15) is 5.69 Å². The van der Waals surface area contributed by atoms with E-state index >= 15 is 0 Å². The molecule has 0 atom stereocenters. The zero-order chi connectivity index (χ0) is 11.4. The quantitative estimate of drug-likeness (QED) is 0.820. The maximum atomic E-state index is 9.15. The second kappa shape index (κ2) is 5.18. The molecular formula is C10H11N3OS2. The highest BCUT2D eigenvalue weighted by Gasteiger charge is 2.06. The van der Waals surface area contributed by atoms with Gasteiger partial charge in [0.2, 0.25) is 0 Å². The Labute approximate surface area is 102 Å². The molecule has 0 aliphatic heterocycles. The number of nitrogens with one attached hydrogen (secondary N) is 1. The first kappa shape index (κ1) is 11.2. The Bertz CT molecular complexity index is 455. The molecule has 2 aromatic rings. The van der Waals surface area contributed by atoms with E-state index in [4.69, 9.17) is 5.11 Å². The van der Waals surface area contributed by atoms with Gasteiger partial charge in [0.15, 0.2) is 0 Å². The van der Waals surface area contributed by atoms with Crippen molar-refractivity contribution in [2.75, 3.05) is 12.4 Å². The molecule has 84 valence electrons. The van der Waals surface area contributed by atoms with Crippen LogP contribution >= 0.6 is 23.3 Å². The first-order valence-electron chi connectivity index (χ1n) is 4.70. The molecule has 0 spiro atoms. The number of hydrogen-bond donors (Lipinski definition) is 2. The minimum absolute atomic E-state index is 0.288. The van der Waals surface area contributed by atoms with E-state index in [-0.39, 0.29) is 5.75 Å². The molecule has 6 heteroatoms. The SMILES string of the molecule is CNc1snnc1CSc1ccc(O)cc1. The summed E-state index contributed by atoms with van der Waals surface area (Å²) in [5.74, 6) is 1.06. The molecule has 1 aromatic heterocycles. The topological polar surface area (TPSA) is 58.0 Å². The van der Waals surface area contributed by atoms with Gasteiger partial charge in [0, 0.05) is 29.2 Å². The number of thioether (sulfide) groups is 1. The highest BCUT2D eigenvalue weighted by Crippen LogP contribution is 2.27. The molecule has 1 heterocycles. The second-order valence-electron chi connectivity index (χ2n) is 3.08. The van der Waals surface area contributed by atoms with E-state index in [0.717, 1.165) is 21.3 Å². The zero-order valence-electron chi connectivity index (χ0n) is 8.67. The summed E-state index contributed by atoms with van der Waals surface area (Å²) in [6, 6.07) is 7.14. The Hall–Kier alpha value is -1.27. The summed E-state index contributed by atoms with van der Waals surface area (Å²) in [6.45, 7) is 0. The molecule has 0 aliphatic carbocycles. The number of rotatable bonds is 4. The van der Waals surface area contributed by atoms with E-state index in [2.05, 4.69) is 14.9 Å². The fourth-order valence-corrected chi connectivity index (χ4v) is 2.64. The van der Waals surface area contributed by atoms with Gasteiger partial charge in [-0.25, -0.2) is 0 Å². The van der Waals surface area contributed by atoms with Crippen molar-refractivity contribution in [1.82, 2.24) is 9.59 Å². The molecule has 0 aliphatic rings. The fraction of sp³-hybridized carbons (Fsp3) is 0.200. The van der Waals surface area contributed by atoms with Crippen molar-refractivity contribution in [3.8, 4) is 5.75 Å². The maximum absolute atomic E-state index is 9.15. The van der Waals surface area contributed by atoms with Gasteiger partial charge < -0.3 is 10.4 Å². The van der Waals surface area contributed by atoms with E-state index in [9.17, 15) is 0 Å². The van der Waals surface area contributed by atoms with Gasteiger partial charge in [0.25, 0.3) is 0 Å². The van der Waals surface area contributed by atoms with E-state index in [1.807, 2.05) is 19.2 Å². The lowest BCUT2D eigenvalue weighted by atomic mass is 10.3. The summed E-state index contributed by atoms with van der Waals surface area (Å²) in [4.78, 5) is 1.10. The van der Waals surface area contributed by atoms with Gasteiger partial charge in [-0.3, -0.25) is 0 Å². The molecule has 0 unspecified atom stereocenters. The van der Waals surface area contributed by atoms with Crippen LogP contribution < -0.4 is 5.32 Å². The van der Waals surface area contributed by atoms with Crippen LogP contribution in [-0.2, 0) is 5.75 Å². The first-order valence-corrected chi connectivity index (χ1v) is 6.46. The van der Waals surface area contributed by atoms with E-state index < -0.39 is 0 Å². The summed E-state index contributed by atoms with van der Waals surface area (Å²) in [7, 11) is 1.86. The molecule has 0 fully saturated rings. The minimum atomic E-state index is 0.288. The third-order valence-electron chi connectivity index (χ3n) is 2.00. The van der Waals surface area contributed by atoms with Gasteiger partial charge in [0.05, 0.1) is 0 Å². The van der Waals surface area contributed by atoms with Gasteiger partial charge in [-0.15, -0.1) is 16.9 Å². The lowest BCUT2D eigenvalue weighted by molar-refractivity contribution is 0.475. The monoisotopic (exact) mass is 253 g/mol. The van der Waals surface area contributed by atoms with E-state index in [1.54, 1.807) is 23.9 Å². The largest absolute Gasteiger partial charge is 0.508 e. The number of benzene rings is 1. The predicted molar refractivity (Wildman–Crippen MR) is 67.1 cm³/mol. The number of hydrogen-bond acceptors (Lipinski definition) is 6. The lowest BCUT2D eigenvalue weighted by Crippen LogP contribution is -1.90. The van der Waals surface area contributed by atoms with Crippen LogP contribution in [0.25, 0.3) is 0 Å². The van der Waals surface area contributed by atoms with Gasteiger partial charge in [0.1, 0.15) is 16.4 Å². The smallest absolute Gasteiger partial charge is 0.133 e. The van der Waals surface area contributed by atoms with Crippen molar-refractivity contribution < 1.29 is 5.11 Å². The zero-order valence-corrected chi connectivity index (χ0v) is 10.3. The summed E-state index contributed by atoms with van der Waals surface area (Å²) in [6.07, 6.45) is 0. The highest BCUT2D eigenvalue weighted by molar-refractivity contribution is 7.98. The normalized spacial score (nSPS) is 10.3. The Morgan fingerprint density at radius 3 is 2.81 bits per heavy atom. The third-order valence-corrected chi connectivity index (χ3v) is 3.80. The third kappa shape index (κ3) is 2.65. The van der Waals surface area contributed by atoms with E-state index in [1.165, 1.54) is 11.5 Å². The number of nitrogens with zero attached hydrogens (tertiary/aromatic N) is 2. The standard InChI is InChI=1S/C10H11N3OS2/c1-11-10-9(12-13-16-10)6-15-8-4-2-7(14)3-5-8/h2-5,11,14H,6H2,1H3. The molecule has 0 radical (unpaired) electrons. The van der Waals surface area contributed by atoms with Crippen LogP contribution in [0.4, 0.5) is 5.00 Å². The number of phenolic OH excluding ortho intramolecular Hbond substituents is 1. The van der Waals surface area contributed by atoms with Crippen molar-refractivity contribution in [3.63, 3.8) is 0 Å². The van der Waals surface area contributed by atoms with Crippen molar-refractivity contribution in [2.24, 2.45) is 0 Å². The van der Waals surface area contributed by atoms with E-state index in [0.29, 0.717) is 0 Å². The van der Waals surface area contributed by atoms with Crippen LogP contribution in [0.15, 0.2) is 29.2 Å². The van der Waals surface area contributed by atoms with Crippen LogP contribution in [0, 0.1) is 0 Å². The maximum Gasteiger partial charge on any atom is 0.133 e. The number of aromatic nitrogens is 2. The molecular weight excluding hydrogens is 242 g/mol. The molecule has 0 amide bonds. The Balaban J connectivity index is 1.99. The Morgan fingerprint density at radius 1 is 1.38 bits per heavy atom. The summed E-state index contributed by atoms with van der Waals surface area (Å²) >= 11 is 3.03. The van der Waals surface area contributed by atoms with Crippen LogP contribution in [0.3, 0.4) is 0 Å². The van der Waals surface area contributed by atoms with Crippen molar-refractivity contribution in [3.05, 3.63) is 30.0 Å². The van der Waals surface area contributed by atoms with Gasteiger partial charge in [-0.1, -0.05) is 4.49 Å². The van der Waals surface area contributed by atoms with Gasteiger partial charge in [-0.05, 0) is 24.3 Å². The molecule has 0 saturated carbocycles. The summed E-state index contributed by atoms with van der Waals surface area (Å²) < 4.78 is 3.90. The van der Waals surface area contributed by atoms with Crippen molar-refractivity contribution in [2.45, 2.75) is 10.6 Å². The molecule has 0 saturated heterocycles. The first-order chi connectivity index (χ1) is 7.79. The number of anilines is 1. The average molecular weight is 253 g/mol. The molecule has 4 nitrogen and oxygen atoms in total. The molecule has 1 aromatic carbocycles. The summed E-state index contributed by atoms with van der Waals surface area (Å²) in [5, 5.41) is 17.3. The predicted octanol–water partition coefficient (Wildman–Crippen LogP) is 2.58. The Morgan fingerprint density at radius 2 is 2.12 bits per heavy atom. The molecule has 16 heavy (non-hydrogen) atoms. The summed E-state index contributed by atoms with van der Waals surface area (Å²) in [5.41, 5.74) is 0.963. The highest BCUT2D eigenvalue weighted by atomic mass is 32.2. The molecule has 2 rings (SSSR count). The Kier molecular flexibility index (Phi) is 3.63. The van der Waals surface area contributed by atoms with Crippen LogP contribution in [0.5, 0.6) is 5.75 Å². The molecule has 2 N–H and O–H groups in total. The van der Waals surface area contributed by atoms with Crippen LogP contribution in [0.2, 0.25) is 0 Å². The van der Waals surface area contributed by atoms with Crippen molar-refractivity contribution >= 4 is 28.3 Å². The average Bonchev–Trinajstić information content (AvgIpc) is 2.76. The second-order valence-corrected chi connectivity index (χ2v) is 4.88. The van der Waals surface area contributed by atoms with Crippen LogP contribution in [-0.4, -0.2) is 21.7 Å². The minimum Gasteiger partial charge on any atom is -0.508 e. The van der Waals surface area contributed by atoms with Gasteiger partial charge >= 0.3 is 0 Å². The lowest BCUT2D eigenvalue weighted by Gasteiger charge is -2.01. The molecule has 0 bridgehead atoms. The number of aromatic hydroxyl groups is 1. The van der Waals surface area contributed by atoms with Gasteiger partial charge in [-0.2, -0.15) is 0 Å².